The van der Waals surface area contributed by atoms with Crippen LogP contribution >= 0.6 is 0 Å². The highest BCUT2D eigenvalue weighted by molar-refractivity contribution is 5.70. The van der Waals surface area contributed by atoms with Gasteiger partial charge in [-0.2, -0.15) is 0 Å². The molecule has 0 aliphatic carbocycles. The molecule has 108 valence electrons. The van der Waals surface area contributed by atoms with E-state index in [4.69, 9.17) is 15.2 Å². The topological polar surface area (TPSA) is 61.5 Å². The molecule has 0 aliphatic heterocycles. The molecule has 2 N–H and O–H groups in total. The van der Waals surface area contributed by atoms with Crippen molar-refractivity contribution in [3.63, 3.8) is 0 Å². The van der Waals surface area contributed by atoms with Crippen molar-refractivity contribution in [2.75, 3.05) is 19.8 Å². The minimum atomic E-state index is -0.231. The fraction of sp³-hybridized carbons (Fsp3) is 0.929. The van der Waals surface area contributed by atoms with Gasteiger partial charge in [0, 0.05) is 12.6 Å². The average molecular weight is 259 g/mol. The number of hydrogen-bond acceptors (Lipinski definition) is 4. The van der Waals surface area contributed by atoms with Crippen LogP contribution in [-0.4, -0.2) is 31.8 Å². The lowest BCUT2D eigenvalue weighted by Gasteiger charge is -2.22. The fourth-order valence-electron chi connectivity index (χ4n) is 1.69. The quantitative estimate of drug-likeness (QED) is 0.510. The smallest absolute Gasteiger partial charge is 0.307 e. The molecule has 0 radical (unpaired) electrons. The Kier molecular flexibility index (Phi) is 9.02. The van der Waals surface area contributed by atoms with Gasteiger partial charge < -0.3 is 15.2 Å². The van der Waals surface area contributed by atoms with Gasteiger partial charge in [-0.3, -0.25) is 4.79 Å². The second-order valence-corrected chi connectivity index (χ2v) is 5.92. The maximum Gasteiger partial charge on any atom is 0.307 e. The molecule has 4 nitrogen and oxygen atoms in total. The summed E-state index contributed by atoms with van der Waals surface area (Å²) in [4.78, 5) is 11.5. The molecule has 1 unspecified atom stereocenters. The minimum Gasteiger partial charge on any atom is -0.463 e. The zero-order valence-corrected chi connectivity index (χ0v) is 12.3. The molecule has 4 heteroatoms. The predicted molar refractivity (Wildman–Crippen MR) is 73.4 cm³/mol. The lowest BCUT2D eigenvalue weighted by molar-refractivity contribution is -0.145. The molecule has 0 saturated carbocycles. The molecule has 1 atom stereocenters. The summed E-state index contributed by atoms with van der Waals surface area (Å²) in [5, 5.41) is 0. The Morgan fingerprint density at radius 2 is 1.89 bits per heavy atom. The predicted octanol–water partition coefficient (Wildman–Crippen LogP) is 2.50. The Bertz CT molecular complexity index is 224. The minimum absolute atomic E-state index is 0.126. The van der Waals surface area contributed by atoms with Crippen molar-refractivity contribution in [2.45, 2.75) is 59.4 Å². The van der Waals surface area contributed by atoms with E-state index in [0.29, 0.717) is 13.2 Å². The van der Waals surface area contributed by atoms with E-state index >= 15 is 0 Å². The molecule has 0 heterocycles. The molecule has 0 bridgehead atoms. The van der Waals surface area contributed by atoms with Crippen LogP contribution in [0.5, 0.6) is 0 Å². The third-order valence-corrected chi connectivity index (χ3v) is 2.44. The van der Waals surface area contributed by atoms with E-state index in [-0.39, 0.29) is 23.8 Å². The fourth-order valence-corrected chi connectivity index (χ4v) is 1.69. The zero-order valence-electron chi connectivity index (χ0n) is 12.3. The Hall–Kier alpha value is -0.610. The number of ether oxygens (including phenoxy) is 2. The number of carbonyl (C=O) groups is 1. The molecule has 0 fully saturated rings. The molecular weight excluding hydrogens is 230 g/mol. The number of nitrogens with two attached hydrogens (primary N) is 1. The van der Waals surface area contributed by atoms with E-state index in [0.717, 1.165) is 25.9 Å². The van der Waals surface area contributed by atoms with Crippen molar-refractivity contribution in [2.24, 2.45) is 11.1 Å². The van der Waals surface area contributed by atoms with Gasteiger partial charge in [0.1, 0.15) is 6.61 Å². The van der Waals surface area contributed by atoms with Gasteiger partial charge in [-0.25, -0.2) is 0 Å². The van der Waals surface area contributed by atoms with Crippen molar-refractivity contribution >= 4 is 5.97 Å². The van der Waals surface area contributed by atoms with Crippen LogP contribution in [0.3, 0.4) is 0 Å². The van der Waals surface area contributed by atoms with Gasteiger partial charge >= 0.3 is 5.97 Å². The number of rotatable bonds is 9. The number of carbonyl (C=O) groups excluding carboxylic acids is 1. The molecule has 0 aromatic rings. The normalized spacial score (nSPS) is 13.4. The van der Waals surface area contributed by atoms with Crippen LogP contribution in [0.25, 0.3) is 0 Å². The monoisotopic (exact) mass is 259 g/mol. The van der Waals surface area contributed by atoms with Crippen LogP contribution in [-0.2, 0) is 14.3 Å². The summed E-state index contributed by atoms with van der Waals surface area (Å²) in [6.45, 7) is 9.97. The van der Waals surface area contributed by atoms with Crippen LogP contribution < -0.4 is 5.73 Å². The van der Waals surface area contributed by atoms with Crippen molar-refractivity contribution in [1.82, 2.24) is 0 Å². The van der Waals surface area contributed by atoms with Gasteiger partial charge in [-0.05, 0) is 18.3 Å². The largest absolute Gasteiger partial charge is 0.463 e. The molecule has 0 aliphatic rings. The van der Waals surface area contributed by atoms with Crippen molar-refractivity contribution in [1.29, 1.82) is 0 Å². The molecule has 0 saturated heterocycles. The molecular formula is C14H29NO3. The Morgan fingerprint density at radius 3 is 2.44 bits per heavy atom. The number of unbranched alkanes of at least 4 members (excludes halogenated alkanes) is 1. The third kappa shape index (κ3) is 11.9. The molecule has 18 heavy (non-hydrogen) atoms. The van der Waals surface area contributed by atoms with Gasteiger partial charge in [-0.15, -0.1) is 0 Å². The third-order valence-electron chi connectivity index (χ3n) is 2.44. The highest BCUT2D eigenvalue weighted by Crippen LogP contribution is 2.21. The summed E-state index contributed by atoms with van der Waals surface area (Å²) in [5.74, 6) is -0.231. The first-order valence-corrected chi connectivity index (χ1v) is 6.84. The summed E-state index contributed by atoms with van der Waals surface area (Å²) in [6, 6.07) is -0.126. The number of hydrogen-bond donors (Lipinski definition) is 1. The summed E-state index contributed by atoms with van der Waals surface area (Å²) in [6.07, 6.45) is 3.26. The Labute approximate surface area is 111 Å². The van der Waals surface area contributed by atoms with E-state index in [1.807, 2.05) is 0 Å². The summed E-state index contributed by atoms with van der Waals surface area (Å²) in [5.41, 5.74) is 6.04. The van der Waals surface area contributed by atoms with Crippen LogP contribution in [0.2, 0.25) is 0 Å². The lowest BCUT2D eigenvalue weighted by atomic mass is 9.87. The first-order valence-electron chi connectivity index (χ1n) is 6.84. The first-order chi connectivity index (χ1) is 8.35. The summed E-state index contributed by atoms with van der Waals surface area (Å²) in [7, 11) is 0. The van der Waals surface area contributed by atoms with E-state index < -0.39 is 0 Å². The van der Waals surface area contributed by atoms with E-state index in [9.17, 15) is 4.79 Å². The zero-order chi connectivity index (χ0) is 14.0. The Balaban J connectivity index is 3.53. The van der Waals surface area contributed by atoms with E-state index in [1.165, 1.54) is 0 Å². The highest BCUT2D eigenvalue weighted by atomic mass is 16.6. The van der Waals surface area contributed by atoms with Crippen LogP contribution in [0.15, 0.2) is 0 Å². The maximum absolute atomic E-state index is 11.5. The van der Waals surface area contributed by atoms with Gasteiger partial charge in [-0.1, -0.05) is 34.1 Å². The summed E-state index contributed by atoms with van der Waals surface area (Å²) >= 11 is 0. The molecule has 0 rings (SSSR count). The SMILES string of the molecule is CCCCOCCOC(=O)CC(N)CC(C)(C)C. The van der Waals surface area contributed by atoms with Gasteiger partial charge in [0.05, 0.1) is 13.0 Å². The lowest BCUT2D eigenvalue weighted by Crippen LogP contribution is -2.30. The Morgan fingerprint density at radius 1 is 1.22 bits per heavy atom. The van der Waals surface area contributed by atoms with Gasteiger partial charge in [0.15, 0.2) is 0 Å². The van der Waals surface area contributed by atoms with E-state index in [2.05, 4.69) is 27.7 Å². The standard InChI is InChI=1S/C14H29NO3/c1-5-6-7-17-8-9-18-13(16)10-12(15)11-14(2,3)4/h12H,5-11,15H2,1-4H3. The first kappa shape index (κ1) is 17.4. The maximum atomic E-state index is 11.5. The van der Waals surface area contributed by atoms with Crippen LogP contribution in [0, 0.1) is 5.41 Å². The molecule has 0 aromatic heterocycles. The van der Waals surface area contributed by atoms with Crippen molar-refractivity contribution in [3.8, 4) is 0 Å². The van der Waals surface area contributed by atoms with Gasteiger partial charge in [0.2, 0.25) is 0 Å². The second kappa shape index (κ2) is 9.34. The summed E-state index contributed by atoms with van der Waals surface area (Å²) < 4.78 is 10.4. The van der Waals surface area contributed by atoms with Crippen molar-refractivity contribution < 1.29 is 14.3 Å². The molecule has 0 amide bonds. The average Bonchev–Trinajstić information content (AvgIpc) is 2.20. The number of esters is 1. The van der Waals surface area contributed by atoms with Gasteiger partial charge in [0.25, 0.3) is 0 Å². The second-order valence-electron chi connectivity index (χ2n) is 5.92. The molecule has 0 spiro atoms. The van der Waals surface area contributed by atoms with Crippen molar-refractivity contribution in [3.05, 3.63) is 0 Å². The highest BCUT2D eigenvalue weighted by Gasteiger charge is 2.18. The van der Waals surface area contributed by atoms with Crippen LogP contribution in [0.4, 0.5) is 0 Å². The van der Waals surface area contributed by atoms with Crippen LogP contribution in [0.1, 0.15) is 53.4 Å². The van der Waals surface area contributed by atoms with E-state index in [1.54, 1.807) is 0 Å². The molecule has 0 aromatic carbocycles.